The number of fused-ring (bicyclic) bond motifs is 1. The molecular weight excluding hydrogens is 590 g/mol. The minimum atomic E-state index is -3.87. The van der Waals surface area contributed by atoms with Crippen LogP contribution in [0.1, 0.15) is 82.5 Å². The van der Waals surface area contributed by atoms with Crippen LogP contribution in [0.25, 0.3) is 0 Å². The first-order chi connectivity index (χ1) is 21.6. The summed E-state index contributed by atoms with van der Waals surface area (Å²) in [4.78, 5) is 18.5. The van der Waals surface area contributed by atoms with Gasteiger partial charge in [0.15, 0.2) is 0 Å². The molecule has 0 unspecified atom stereocenters. The van der Waals surface area contributed by atoms with Gasteiger partial charge in [0.05, 0.1) is 35.3 Å². The molecule has 4 atom stereocenters. The van der Waals surface area contributed by atoms with Gasteiger partial charge >= 0.3 is 0 Å². The van der Waals surface area contributed by atoms with Crippen molar-refractivity contribution in [2.75, 3.05) is 44.6 Å². The van der Waals surface area contributed by atoms with Crippen molar-refractivity contribution >= 4 is 21.6 Å². The Kier molecular flexibility index (Phi) is 13.1. The lowest BCUT2D eigenvalue weighted by molar-refractivity contribution is -0.0190. The second-order valence-electron chi connectivity index (χ2n) is 13.2. The van der Waals surface area contributed by atoms with Crippen LogP contribution >= 0.6 is 0 Å². The molecule has 9 nitrogen and oxygen atoms in total. The van der Waals surface area contributed by atoms with E-state index in [-0.39, 0.29) is 46.8 Å². The first-order valence-electron chi connectivity index (χ1n) is 16.7. The summed E-state index contributed by atoms with van der Waals surface area (Å²) in [7, 11) is -1.70. The zero-order valence-corrected chi connectivity index (χ0v) is 28.3. The van der Waals surface area contributed by atoms with Gasteiger partial charge in [-0.2, -0.15) is 0 Å². The lowest BCUT2D eigenvalue weighted by atomic mass is 9.89. The van der Waals surface area contributed by atoms with Crippen molar-refractivity contribution < 1.29 is 27.8 Å². The number of nitrogens with zero attached hydrogens (tertiary/aromatic N) is 2. The number of aliphatic hydroxyl groups is 1. The zero-order chi connectivity index (χ0) is 32.4. The number of ether oxygens (including phenoxy) is 2. The highest BCUT2D eigenvalue weighted by atomic mass is 32.2. The van der Waals surface area contributed by atoms with Gasteiger partial charge in [0.1, 0.15) is 5.75 Å². The summed E-state index contributed by atoms with van der Waals surface area (Å²) in [6, 6.07) is 12.5. The fourth-order valence-electron chi connectivity index (χ4n) is 6.45. The van der Waals surface area contributed by atoms with Crippen LogP contribution in [0, 0.1) is 11.8 Å². The van der Waals surface area contributed by atoms with Crippen molar-refractivity contribution in [1.29, 1.82) is 0 Å². The number of hydrogen-bond donors (Lipinski definition) is 2. The van der Waals surface area contributed by atoms with Crippen molar-refractivity contribution in [3.05, 3.63) is 54.1 Å². The number of carbonyl (C=O) groups excluding carboxylic acids is 1. The molecule has 250 valence electrons. The van der Waals surface area contributed by atoms with Crippen molar-refractivity contribution in [2.24, 2.45) is 11.8 Å². The molecule has 1 fully saturated rings. The molecule has 0 saturated heterocycles. The van der Waals surface area contributed by atoms with Gasteiger partial charge in [-0.25, -0.2) is 8.42 Å². The molecule has 1 heterocycles. The van der Waals surface area contributed by atoms with Gasteiger partial charge in [-0.15, -0.1) is 0 Å². The molecule has 1 saturated carbocycles. The lowest BCUT2D eigenvalue weighted by Gasteiger charge is -2.36. The number of rotatable bonds is 9. The van der Waals surface area contributed by atoms with Crippen LogP contribution in [0.4, 0.5) is 5.69 Å². The Labute approximate surface area is 270 Å². The minimum Gasteiger partial charge on any atom is -0.490 e. The topological polar surface area (TPSA) is 108 Å². The number of aliphatic hydroxyl groups excluding tert-OH is 1. The molecule has 1 amide bonds. The minimum absolute atomic E-state index is 0.0113. The predicted molar refractivity (Wildman–Crippen MR) is 178 cm³/mol. The molecule has 2 N–H and O–H groups in total. The molecule has 2 aliphatic rings. The standard InChI is InChI=1S/C35H53N3O6S/c1-26-22-38(27(2)25-39)35(40)32-21-30(36-45(41,42)31-16-9-6-10-17-31)18-19-33(32)44-28(3)13-11-12-20-43-34(26)24-37(4)23-29-14-7-5-8-15-29/h6,9-10,16-19,21,26-29,34,36,39H,5,7-8,11-15,20,22-25H2,1-4H3/t26-,27+,28+,34-/m1/s1. The molecule has 0 bridgehead atoms. The summed E-state index contributed by atoms with van der Waals surface area (Å²) in [5.74, 6) is 0.784. The van der Waals surface area contributed by atoms with Crippen molar-refractivity contribution in [3.8, 4) is 5.75 Å². The Morgan fingerprint density at radius 2 is 1.71 bits per heavy atom. The fraction of sp³-hybridized carbons (Fsp3) is 0.629. The number of carbonyl (C=O) groups is 1. The van der Waals surface area contributed by atoms with E-state index < -0.39 is 16.1 Å². The van der Waals surface area contributed by atoms with E-state index in [1.807, 2.05) is 13.8 Å². The normalized spacial score (nSPS) is 23.6. The van der Waals surface area contributed by atoms with Crippen LogP contribution in [0.15, 0.2) is 53.4 Å². The van der Waals surface area contributed by atoms with E-state index in [0.29, 0.717) is 18.9 Å². The molecule has 0 aromatic heterocycles. The summed E-state index contributed by atoms with van der Waals surface area (Å²) < 4.78 is 41.6. The van der Waals surface area contributed by atoms with Crippen molar-refractivity contribution in [3.63, 3.8) is 0 Å². The smallest absolute Gasteiger partial charge is 0.261 e. The van der Waals surface area contributed by atoms with Crippen LogP contribution in [0.2, 0.25) is 0 Å². The van der Waals surface area contributed by atoms with Gasteiger partial charge in [-0.1, -0.05) is 44.4 Å². The van der Waals surface area contributed by atoms with E-state index in [1.165, 1.54) is 44.2 Å². The van der Waals surface area contributed by atoms with E-state index in [2.05, 4.69) is 23.6 Å². The van der Waals surface area contributed by atoms with Crippen LogP contribution in [-0.2, 0) is 14.8 Å². The molecular formula is C35H53N3O6S. The third kappa shape index (κ3) is 10.2. The van der Waals surface area contributed by atoms with Crippen LogP contribution in [0.5, 0.6) is 5.75 Å². The first kappa shape index (κ1) is 35.2. The number of amides is 1. The highest BCUT2D eigenvalue weighted by Gasteiger charge is 2.31. The van der Waals surface area contributed by atoms with E-state index in [0.717, 1.165) is 38.3 Å². The highest BCUT2D eigenvalue weighted by molar-refractivity contribution is 7.92. The number of hydrogen-bond acceptors (Lipinski definition) is 7. The number of nitrogens with one attached hydrogen (secondary N) is 1. The molecule has 1 aliphatic heterocycles. The van der Waals surface area contributed by atoms with E-state index in [1.54, 1.807) is 41.3 Å². The van der Waals surface area contributed by atoms with Crippen LogP contribution in [0.3, 0.4) is 0 Å². The lowest BCUT2D eigenvalue weighted by Crippen LogP contribution is -2.47. The molecule has 45 heavy (non-hydrogen) atoms. The number of likely N-dealkylation sites (N-methyl/N-ethyl adjacent to an activating group) is 1. The predicted octanol–water partition coefficient (Wildman–Crippen LogP) is 5.80. The average Bonchev–Trinajstić information content (AvgIpc) is 3.03. The summed E-state index contributed by atoms with van der Waals surface area (Å²) in [6.07, 6.45) is 8.90. The third-order valence-corrected chi connectivity index (χ3v) is 10.5. The number of anilines is 1. The third-order valence-electron chi connectivity index (χ3n) is 9.14. The zero-order valence-electron chi connectivity index (χ0n) is 27.5. The summed E-state index contributed by atoms with van der Waals surface area (Å²) in [6.45, 7) is 8.54. The highest BCUT2D eigenvalue weighted by Crippen LogP contribution is 2.30. The Bertz CT molecular complexity index is 1320. The summed E-state index contributed by atoms with van der Waals surface area (Å²) in [5.41, 5.74) is 0.519. The number of sulfonamides is 1. The molecule has 4 rings (SSSR count). The van der Waals surface area contributed by atoms with Crippen molar-refractivity contribution in [1.82, 2.24) is 9.80 Å². The second kappa shape index (κ2) is 16.8. The molecule has 10 heteroatoms. The Morgan fingerprint density at radius 3 is 2.42 bits per heavy atom. The van der Waals surface area contributed by atoms with Gasteiger partial charge in [0.25, 0.3) is 15.9 Å². The van der Waals surface area contributed by atoms with Gasteiger partial charge in [-0.05, 0) is 89.2 Å². The van der Waals surface area contributed by atoms with Gasteiger partial charge in [0, 0.05) is 37.8 Å². The largest absolute Gasteiger partial charge is 0.490 e. The maximum absolute atomic E-state index is 14.3. The quantitative estimate of drug-likeness (QED) is 0.356. The molecule has 2 aromatic carbocycles. The summed E-state index contributed by atoms with van der Waals surface area (Å²) >= 11 is 0. The fourth-order valence-corrected chi connectivity index (χ4v) is 7.53. The van der Waals surface area contributed by atoms with Crippen LogP contribution in [-0.4, -0.2) is 87.4 Å². The maximum Gasteiger partial charge on any atom is 0.261 e. The van der Waals surface area contributed by atoms with Crippen LogP contribution < -0.4 is 9.46 Å². The maximum atomic E-state index is 14.3. The average molecular weight is 644 g/mol. The Hall–Kier alpha value is -2.66. The van der Waals surface area contributed by atoms with E-state index in [4.69, 9.17) is 9.47 Å². The molecule has 0 spiro atoms. The van der Waals surface area contributed by atoms with Gasteiger partial charge < -0.3 is 24.4 Å². The van der Waals surface area contributed by atoms with E-state index >= 15 is 0 Å². The second-order valence-corrected chi connectivity index (χ2v) is 14.8. The molecule has 0 radical (unpaired) electrons. The monoisotopic (exact) mass is 643 g/mol. The van der Waals surface area contributed by atoms with E-state index in [9.17, 15) is 18.3 Å². The Morgan fingerprint density at radius 1 is 1.00 bits per heavy atom. The van der Waals surface area contributed by atoms with Gasteiger partial charge in [-0.3, -0.25) is 9.52 Å². The van der Waals surface area contributed by atoms with Gasteiger partial charge in [0.2, 0.25) is 0 Å². The molecule has 1 aliphatic carbocycles. The Balaban J connectivity index is 1.62. The first-order valence-corrected chi connectivity index (χ1v) is 18.2. The summed E-state index contributed by atoms with van der Waals surface area (Å²) in [5, 5.41) is 10.2. The number of benzene rings is 2. The molecule has 2 aromatic rings. The SMILES string of the molecule is C[C@@H]1CN([C@@H](C)CO)C(=O)c2cc(NS(=O)(=O)c3ccccc3)ccc2O[C@@H](C)CCCCO[C@@H]1CN(C)CC1CCCCC1. The van der Waals surface area contributed by atoms with Crippen molar-refractivity contribution in [2.45, 2.75) is 95.3 Å².